The fraction of sp³-hybridized carbons (Fsp3) is 0.125. The van der Waals surface area contributed by atoms with Crippen molar-refractivity contribution >= 4 is 35.1 Å². The van der Waals surface area contributed by atoms with Gasteiger partial charge in [-0.2, -0.15) is 0 Å². The number of hydrogen-bond acceptors (Lipinski definition) is 4. The number of aromatic carboxylic acids is 2. The Labute approximate surface area is 101 Å². The zero-order valence-corrected chi connectivity index (χ0v) is 9.58. The van der Waals surface area contributed by atoms with Crippen molar-refractivity contribution in [1.82, 2.24) is 4.98 Å². The summed E-state index contributed by atoms with van der Waals surface area (Å²) >= 11 is 11.0. The molecule has 0 aliphatic carbocycles. The van der Waals surface area contributed by atoms with Crippen LogP contribution in [0.3, 0.4) is 0 Å². The van der Waals surface area contributed by atoms with Crippen LogP contribution in [0, 0.1) is 0 Å². The fourth-order valence-electron chi connectivity index (χ4n) is 0.823. The molecule has 0 fully saturated rings. The van der Waals surface area contributed by atoms with Gasteiger partial charge in [0.2, 0.25) is 0 Å². The number of carboxylic acids is 2. The van der Waals surface area contributed by atoms with Crippen molar-refractivity contribution in [2.75, 3.05) is 7.05 Å². The van der Waals surface area contributed by atoms with Gasteiger partial charge in [-0.15, -0.1) is 0 Å². The van der Waals surface area contributed by atoms with E-state index in [1.165, 1.54) is 7.05 Å². The molecule has 0 aromatic carbocycles. The Hall–Kier alpha value is -1.37. The Morgan fingerprint density at radius 1 is 1.25 bits per heavy atom. The zero-order valence-electron chi connectivity index (χ0n) is 8.07. The lowest BCUT2D eigenvalue weighted by molar-refractivity contribution is 0.0646. The summed E-state index contributed by atoms with van der Waals surface area (Å²) in [6, 6.07) is 0. The number of nitrogens with two attached hydrogens (primary N) is 1. The van der Waals surface area contributed by atoms with Crippen LogP contribution in [0.5, 0.6) is 0 Å². The van der Waals surface area contributed by atoms with Gasteiger partial charge >= 0.3 is 11.9 Å². The molecule has 0 saturated carbocycles. The molecular formula is C8H8Cl2N2O4. The van der Waals surface area contributed by atoms with Crippen molar-refractivity contribution in [2.24, 2.45) is 5.73 Å². The second kappa shape index (κ2) is 6.26. The zero-order chi connectivity index (χ0) is 12.9. The summed E-state index contributed by atoms with van der Waals surface area (Å²) in [5.41, 5.74) is 3.26. The van der Waals surface area contributed by atoms with Crippen molar-refractivity contribution in [1.29, 1.82) is 0 Å². The maximum Gasteiger partial charge on any atom is 0.355 e. The molecule has 1 aromatic rings. The molecule has 0 bridgehead atoms. The molecule has 1 heterocycles. The van der Waals surface area contributed by atoms with Gasteiger partial charge in [-0.1, -0.05) is 23.2 Å². The van der Waals surface area contributed by atoms with Crippen molar-refractivity contribution in [3.63, 3.8) is 0 Å². The van der Waals surface area contributed by atoms with Crippen LogP contribution < -0.4 is 5.73 Å². The standard InChI is InChI=1S/C7H3Cl2NO4.CH5N/c8-2-1-10-5(7(13)14)3(4(2)9)6(11)12;1-2/h1H,(H,11,12)(H,13,14);2H2,1H3. The van der Waals surface area contributed by atoms with Crippen molar-refractivity contribution in [2.45, 2.75) is 0 Å². The number of carbonyl (C=O) groups is 2. The third-order valence-corrected chi connectivity index (χ3v) is 2.17. The molecule has 88 valence electrons. The Morgan fingerprint density at radius 3 is 2.12 bits per heavy atom. The molecule has 0 spiro atoms. The first kappa shape index (κ1) is 14.6. The van der Waals surface area contributed by atoms with Crippen LogP contribution in [0.2, 0.25) is 10.0 Å². The van der Waals surface area contributed by atoms with Crippen LogP contribution in [0.1, 0.15) is 20.8 Å². The number of pyridine rings is 1. The largest absolute Gasteiger partial charge is 0.478 e. The van der Waals surface area contributed by atoms with E-state index in [1.54, 1.807) is 0 Å². The maximum atomic E-state index is 10.7. The smallest absolute Gasteiger partial charge is 0.355 e. The third kappa shape index (κ3) is 3.06. The molecular weight excluding hydrogens is 259 g/mol. The molecule has 0 radical (unpaired) electrons. The Kier molecular flexibility index (Phi) is 5.73. The number of rotatable bonds is 2. The van der Waals surface area contributed by atoms with E-state index in [0.29, 0.717) is 0 Å². The van der Waals surface area contributed by atoms with Gasteiger partial charge < -0.3 is 15.9 Å². The number of aromatic nitrogens is 1. The van der Waals surface area contributed by atoms with Gasteiger partial charge in [0.1, 0.15) is 5.56 Å². The van der Waals surface area contributed by atoms with Gasteiger partial charge in [0.15, 0.2) is 5.69 Å². The molecule has 8 heteroatoms. The molecule has 0 saturated heterocycles. The molecule has 1 aromatic heterocycles. The van der Waals surface area contributed by atoms with Gasteiger partial charge in [-0.25, -0.2) is 14.6 Å². The van der Waals surface area contributed by atoms with Gasteiger partial charge in [0, 0.05) is 6.20 Å². The Balaban J connectivity index is 0.00000106. The van der Waals surface area contributed by atoms with E-state index in [0.717, 1.165) is 6.20 Å². The lowest BCUT2D eigenvalue weighted by Gasteiger charge is -2.03. The molecule has 1 rings (SSSR count). The topological polar surface area (TPSA) is 114 Å². The summed E-state index contributed by atoms with van der Waals surface area (Å²) in [5.74, 6) is -2.96. The Morgan fingerprint density at radius 2 is 1.75 bits per heavy atom. The van der Waals surface area contributed by atoms with E-state index in [-0.39, 0.29) is 10.0 Å². The van der Waals surface area contributed by atoms with Crippen molar-refractivity contribution < 1.29 is 19.8 Å². The highest BCUT2D eigenvalue weighted by Gasteiger charge is 2.22. The number of halogens is 2. The number of carboxylic acid groups (broad SMARTS) is 2. The van der Waals surface area contributed by atoms with E-state index < -0.39 is 23.2 Å². The van der Waals surface area contributed by atoms with Crippen LogP contribution in [0.4, 0.5) is 0 Å². The number of nitrogens with zero attached hydrogens (tertiary/aromatic N) is 1. The average Bonchev–Trinajstić information content (AvgIpc) is 2.23. The lowest BCUT2D eigenvalue weighted by atomic mass is 10.2. The number of hydrogen-bond donors (Lipinski definition) is 3. The average molecular weight is 267 g/mol. The van der Waals surface area contributed by atoms with E-state index in [2.05, 4.69) is 10.7 Å². The van der Waals surface area contributed by atoms with Crippen LogP contribution in [0.15, 0.2) is 6.20 Å². The summed E-state index contributed by atoms with van der Waals surface area (Å²) < 4.78 is 0. The summed E-state index contributed by atoms with van der Waals surface area (Å²) in [4.78, 5) is 24.6. The minimum atomic E-state index is -1.48. The van der Waals surface area contributed by atoms with Crippen molar-refractivity contribution in [3.8, 4) is 0 Å². The lowest BCUT2D eigenvalue weighted by Crippen LogP contribution is -2.11. The van der Waals surface area contributed by atoms with Crippen molar-refractivity contribution in [3.05, 3.63) is 27.5 Å². The highest BCUT2D eigenvalue weighted by Crippen LogP contribution is 2.26. The molecule has 4 N–H and O–H groups in total. The highest BCUT2D eigenvalue weighted by atomic mass is 35.5. The van der Waals surface area contributed by atoms with Gasteiger partial charge in [0.25, 0.3) is 0 Å². The Bertz CT molecular complexity index is 423. The molecule has 6 nitrogen and oxygen atoms in total. The first-order chi connectivity index (χ1) is 7.45. The summed E-state index contributed by atoms with van der Waals surface area (Å²) in [6.45, 7) is 0. The fourth-order valence-corrected chi connectivity index (χ4v) is 1.19. The predicted octanol–water partition coefficient (Wildman–Crippen LogP) is 1.36. The first-order valence-corrected chi connectivity index (χ1v) is 4.59. The second-order valence-electron chi connectivity index (χ2n) is 2.25. The summed E-state index contributed by atoms with van der Waals surface area (Å²) in [6.07, 6.45) is 0.986. The minimum Gasteiger partial charge on any atom is -0.478 e. The van der Waals surface area contributed by atoms with Crippen LogP contribution in [-0.2, 0) is 0 Å². The maximum absolute atomic E-state index is 10.7. The normalized spacial score (nSPS) is 9.00. The molecule has 0 amide bonds. The van der Waals surface area contributed by atoms with Gasteiger partial charge in [-0.05, 0) is 7.05 Å². The summed E-state index contributed by atoms with van der Waals surface area (Å²) in [7, 11) is 1.50. The highest BCUT2D eigenvalue weighted by molar-refractivity contribution is 6.44. The first-order valence-electron chi connectivity index (χ1n) is 3.83. The molecule has 0 atom stereocenters. The van der Waals surface area contributed by atoms with Crippen LogP contribution in [-0.4, -0.2) is 34.2 Å². The third-order valence-electron chi connectivity index (χ3n) is 1.39. The predicted molar refractivity (Wildman–Crippen MR) is 58.3 cm³/mol. The molecule has 0 unspecified atom stereocenters. The second-order valence-corrected chi connectivity index (χ2v) is 3.04. The monoisotopic (exact) mass is 266 g/mol. The molecule has 0 aliphatic rings. The van der Waals surface area contributed by atoms with Crippen LogP contribution in [0.25, 0.3) is 0 Å². The van der Waals surface area contributed by atoms with E-state index in [4.69, 9.17) is 33.4 Å². The SMILES string of the molecule is CN.O=C(O)c1ncc(Cl)c(Cl)c1C(=O)O. The van der Waals surface area contributed by atoms with Crippen LogP contribution >= 0.6 is 23.2 Å². The minimum absolute atomic E-state index is 0.103. The van der Waals surface area contributed by atoms with E-state index in [9.17, 15) is 9.59 Å². The van der Waals surface area contributed by atoms with E-state index >= 15 is 0 Å². The summed E-state index contributed by atoms with van der Waals surface area (Å²) in [5, 5.41) is 16.8. The van der Waals surface area contributed by atoms with E-state index in [1.807, 2.05) is 0 Å². The quantitative estimate of drug-likeness (QED) is 0.745. The molecule has 0 aliphatic heterocycles. The van der Waals surface area contributed by atoms with Gasteiger partial charge in [-0.3, -0.25) is 0 Å². The molecule has 16 heavy (non-hydrogen) atoms. The van der Waals surface area contributed by atoms with Gasteiger partial charge in [0.05, 0.1) is 10.0 Å².